The molecule has 2 aromatic carbocycles. The molecule has 0 aromatic heterocycles. The van der Waals surface area contributed by atoms with Crippen LogP contribution in [0.3, 0.4) is 0 Å². The average Bonchev–Trinajstić information content (AvgIpc) is 2.37. The van der Waals surface area contributed by atoms with Crippen LogP contribution < -0.4 is 5.73 Å². The Morgan fingerprint density at radius 3 is 1.85 bits per heavy atom. The van der Waals surface area contributed by atoms with Crippen molar-refractivity contribution < 1.29 is 17.6 Å². The summed E-state index contributed by atoms with van der Waals surface area (Å²) < 4.78 is 53.3. The van der Waals surface area contributed by atoms with Crippen LogP contribution in [0, 0.1) is 23.3 Å². The Kier molecular flexibility index (Phi) is 4.22. The average molecular weight is 324 g/mol. The maximum Gasteiger partial charge on any atom is 0.160 e. The fraction of sp³-hybridized carbons (Fsp3) is 0.0769. The maximum absolute atomic E-state index is 13.7. The standard InChI is InChI=1S/C13H7Cl2F4N/c14-7-3-12(19)11(18)1-5(7)13(20)6-2-10(17)8(15)4-9(6)16/h1-4,13H,20H2. The van der Waals surface area contributed by atoms with E-state index >= 15 is 0 Å². The lowest BCUT2D eigenvalue weighted by Gasteiger charge is -2.16. The number of hydrogen-bond acceptors (Lipinski definition) is 1. The van der Waals surface area contributed by atoms with Gasteiger partial charge in [-0.25, -0.2) is 17.6 Å². The van der Waals surface area contributed by atoms with E-state index in [1.54, 1.807) is 0 Å². The Hall–Kier alpha value is -1.30. The smallest absolute Gasteiger partial charge is 0.160 e. The zero-order valence-electron chi connectivity index (χ0n) is 9.73. The number of benzene rings is 2. The largest absolute Gasteiger partial charge is 0.320 e. The van der Waals surface area contributed by atoms with Crippen LogP contribution in [0.1, 0.15) is 17.2 Å². The topological polar surface area (TPSA) is 26.0 Å². The summed E-state index contributed by atoms with van der Waals surface area (Å²) in [4.78, 5) is 0. The number of halogens is 6. The molecule has 0 aliphatic rings. The van der Waals surface area contributed by atoms with Crippen LogP contribution in [-0.4, -0.2) is 0 Å². The summed E-state index contributed by atoms with van der Waals surface area (Å²) in [6.45, 7) is 0. The van der Waals surface area contributed by atoms with Gasteiger partial charge in [0.25, 0.3) is 0 Å². The third kappa shape index (κ3) is 2.75. The van der Waals surface area contributed by atoms with E-state index in [0.29, 0.717) is 0 Å². The summed E-state index contributed by atoms with van der Waals surface area (Å²) in [5, 5.41) is -0.596. The predicted molar refractivity (Wildman–Crippen MR) is 68.8 cm³/mol. The van der Waals surface area contributed by atoms with E-state index in [9.17, 15) is 17.6 Å². The normalized spacial score (nSPS) is 12.6. The molecule has 0 aliphatic heterocycles. The first-order chi connectivity index (χ1) is 9.31. The van der Waals surface area contributed by atoms with E-state index in [1.807, 2.05) is 0 Å². The van der Waals surface area contributed by atoms with Crippen molar-refractivity contribution >= 4 is 23.2 Å². The fourth-order valence-corrected chi connectivity index (χ4v) is 2.14. The van der Waals surface area contributed by atoms with Gasteiger partial charge in [0.15, 0.2) is 11.6 Å². The lowest BCUT2D eigenvalue weighted by atomic mass is 9.98. The molecule has 0 aliphatic carbocycles. The van der Waals surface area contributed by atoms with Gasteiger partial charge in [0.1, 0.15) is 11.6 Å². The molecular weight excluding hydrogens is 317 g/mol. The van der Waals surface area contributed by atoms with Gasteiger partial charge in [0.2, 0.25) is 0 Å². The van der Waals surface area contributed by atoms with E-state index in [4.69, 9.17) is 28.9 Å². The summed E-state index contributed by atoms with van der Waals surface area (Å²) in [6, 6.07) is 1.74. The molecule has 2 rings (SSSR count). The molecule has 2 aromatic rings. The van der Waals surface area contributed by atoms with Crippen molar-refractivity contribution in [3.63, 3.8) is 0 Å². The highest BCUT2D eigenvalue weighted by atomic mass is 35.5. The highest BCUT2D eigenvalue weighted by Gasteiger charge is 2.20. The zero-order valence-corrected chi connectivity index (χ0v) is 11.2. The van der Waals surface area contributed by atoms with Crippen molar-refractivity contribution in [1.82, 2.24) is 0 Å². The number of rotatable bonds is 2. The third-order valence-electron chi connectivity index (χ3n) is 2.75. The molecular formula is C13H7Cl2F4N. The first-order valence-corrected chi connectivity index (χ1v) is 6.11. The summed E-state index contributed by atoms with van der Waals surface area (Å²) in [5.74, 6) is -4.09. The van der Waals surface area contributed by atoms with Crippen molar-refractivity contribution in [2.75, 3.05) is 0 Å². The highest BCUT2D eigenvalue weighted by Crippen LogP contribution is 2.31. The van der Waals surface area contributed by atoms with Gasteiger partial charge in [-0.3, -0.25) is 0 Å². The van der Waals surface area contributed by atoms with Crippen LogP contribution in [0.2, 0.25) is 10.0 Å². The maximum atomic E-state index is 13.7. The minimum absolute atomic E-state index is 0.0637. The molecule has 0 amide bonds. The van der Waals surface area contributed by atoms with E-state index in [0.717, 1.165) is 24.3 Å². The van der Waals surface area contributed by atoms with E-state index < -0.39 is 34.3 Å². The van der Waals surface area contributed by atoms with E-state index in [1.165, 1.54) is 0 Å². The number of hydrogen-bond donors (Lipinski definition) is 1. The Labute approximate surface area is 121 Å². The second-order valence-corrected chi connectivity index (χ2v) is 4.87. The first-order valence-electron chi connectivity index (χ1n) is 5.35. The van der Waals surface area contributed by atoms with Gasteiger partial charge < -0.3 is 5.73 Å². The molecule has 2 N–H and O–H groups in total. The highest BCUT2D eigenvalue weighted by molar-refractivity contribution is 6.31. The Balaban J connectivity index is 2.54. The van der Waals surface area contributed by atoms with Gasteiger partial charge in [-0.05, 0) is 29.8 Å². The molecule has 0 spiro atoms. The minimum atomic E-state index is -1.26. The summed E-state index contributed by atoms with van der Waals surface area (Å²) in [6.07, 6.45) is 0. The van der Waals surface area contributed by atoms with Gasteiger partial charge in [-0.1, -0.05) is 23.2 Å². The number of nitrogens with two attached hydrogens (primary N) is 1. The Morgan fingerprint density at radius 1 is 0.700 bits per heavy atom. The molecule has 1 unspecified atom stereocenters. The second-order valence-electron chi connectivity index (χ2n) is 4.05. The van der Waals surface area contributed by atoms with Crippen molar-refractivity contribution in [2.24, 2.45) is 5.73 Å². The van der Waals surface area contributed by atoms with Crippen LogP contribution >= 0.6 is 23.2 Å². The lowest BCUT2D eigenvalue weighted by molar-refractivity contribution is 0.505. The third-order valence-corrected chi connectivity index (χ3v) is 3.37. The molecule has 0 radical (unpaired) electrons. The summed E-state index contributed by atoms with van der Waals surface area (Å²) >= 11 is 11.2. The second kappa shape index (κ2) is 5.60. The van der Waals surface area contributed by atoms with Crippen molar-refractivity contribution in [3.05, 3.63) is 68.7 Å². The Bertz CT molecular complexity index is 618. The van der Waals surface area contributed by atoms with Crippen LogP contribution in [0.15, 0.2) is 24.3 Å². The zero-order chi connectivity index (χ0) is 15.0. The van der Waals surface area contributed by atoms with Crippen molar-refractivity contribution in [1.29, 1.82) is 0 Å². The summed E-state index contributed by atoms with van der Waals surface area (Å²) in [5.41, 5.74) is 5.40. The minimum Gasteiger partial charge on any atom is -0.320 e. The molecule has 20 heavy (non-hydrogen) atoms. The molecule has 7 heteroatoms. The monoisotopic (exact) mass is 323 g/mol. The molecule has 0 saturated carbocycles. The van der Waals surface area contributed by atoms with Gasteiger partial charge in [0, 0.05) is 10.6 Å². The molecule has 0 bridgehead atoms. The van der Waals surface area contributed by atoms with Crippen LogP contribution in [0.5, 0.6) is 0 Å². The quantitative estimate of drug-likeness (QED) is 0.634. The molecule has 0 saturated heterocycles. The predicted octanol–water partition coefficient (Wildman–Crippen LogP) is 4.60. The lowest BCUT2D eigenvalue weighted by Crippen LogP contribution is -2.15. The van der Waals surface area contributed by atoms with E-state index in [-0.39, 0.29) is 16.1 Å². The Morgan fingerprint density at radius 2 is 1.20 bits per heavy atom. The van der Waals surface area contributed by atoms with Crippen LogP contribution in [0.4, 0.5) is 17.6 Å². The van der Waals surface area contributed by atoms with Crippen LogP contribution in [0.25, 0.3) is 0 Å². The van der Waals surface area contributed by atoms with Crippen LogP contribution in [-0.2, 0) is 0 Å². The molecule has 0 fully saturated rings. The molecule has 1 nitrogen and oxygen atoms in total. The fourth-order valence-electron chi connectivity index (χ4n) is 1.72. The van der Waals surface area contributed by atoms with Gasteiger partial charge in [0.05, 0.1) is 11.1 Å². The summed E-state index contributed by atoms with van der Waals surface area (Å²) in [7, 11) is 0. The molecule has 106 valence electrons. The van der Waals surface area contributed by atoms with Gasteiger partial charge in [-0.15, -0.1) is 0 Å². The first kappa shape index (κ1) is 15.1. The van der Waals surface area contributed by atoms with Gasteiger partial charge >= 0.3 is 0 Å². The van der Waals surface area contributed by atoms with Crippen molar-refractivity contribution in [2.45, 2.75) is 6.04 Å². The molecule has 0 heterocycles. The SMILES string of the molecule is NC(c1cc(F)c(Cl)cc1F)c1cc(F)c(F)cc1Cl. The van der Waals surface area contributed by atoms with Crippen molar-refractivity contribution in [3.8, 4) is 0 Å². The van der Waals surface area contributed by atoms with E-state index in [2.05, 4.69) is 0 Å². The molecule has 1 atom stereocenters. The van der Waals surface area contributed by atoms with Gasteiger partial charge in [-0.2, -0.15) is 0 Å².